The largest absolute Gasteiger partial charge is 0.491 e. The van der Waals surface area contributed by atoms with Crippen molar-refractivity contribution in [2.75, 3.05) is 13.2 Å². The third kappa shape index (κ3) is 6.73. The van der Waals surface area contributed by atoms with E-state index >= 15 is 0 Å². The van der Waals surface area contributed by atoms with Crippen molar-refractivity contribution in [1.29, 1.82) is 0 Å². The lowest BCUT2D eigenvalue weighted by Crippen LogP contribution is -2.33. The first-order valence-electron chi connectivity index (χ1n) is 9.10. The van der Waals surface area contributed by atoms with Crippen molar-refractivity contribution in [3.63, 3.8) is 0 Å². The predicted molar refractivity (Wildman–Crippen MR) is 102 cm³/mol. The summed E-state index contributed by atoms with van der Waals surface area (Å²) in [6.07, 6.45) is 3.58. The van der Waals surface area contributed by atoms with E-state index in [4.69, 9.17) is 9.47 Å². The molecule has 1 aromatic heterocycles. The Morgan fingerprint density at radius 3 is 2.33 bits per heavy atom. The molecule has 27 heavy (non-hydrogen) atoms. The fraction of sp³-hybridized carbons (Fsp3) is 0.381. The number of rotatable bonds is 9. The number of aromatic nitrogens is 1. The van der Waals surface area contributed by atoms with Crippen molar-refractivity contribution in [3.8, 4) is 5.75 Å². The molecule has 1 heterocycles. The molecule has 0 aliphatic heterocycles. The summed E-state index contributed by atoms with van der Waals surface area (Å²) in [4.78, 5) is 30.3. The van der Waals surface area contributed by atoms with Crippen molar-refractivity contribution < 1.29 is 19.1 Å². The molecule has 0 aliphatic rings. The maximum atomic E-state index is 13.0. The molecule has 0 aliphatic carbocycles. The van der Waals surface area contributed by atoms with Gasteiger partial charge in [0.2, 0.25) is 0 Å². The molecular formula is C21H26N2O4. The molecule has 2 rings (SSSR count). The maximum absolute atomic E-state index is 13.0. The lowest BCUT2D eigenvalue weighted by atomic mass is 10.1. The smallest absolute Gasteiger partial charge is 0.307 e. The van der Waals surface area contributed by atoms with Gasteiger partial charge in [-0.05, 0) is 62.7 Å². The van der Waals surface area contributed by atoms with Crippen molar-refractivity contribution in [2.45, 2.75) is 39.8 Å². The molecule has 0 spiro atoms. The third-order valence-electron chi connectivity index (χ3n) is 3.77. The van der Waals surface area contributed by atoms with E-state index < -0.39 is 0 Å². The number of nitrogens with zero attached hydrogens (tertiary/aromatic N) is 2. The Bertz CT molecular complexity index is 730. The normalized spacial score (nSPS) is 10.5. The minimum atomic E-state index is -0.314. The van der Waals surface area contributed by atoms with Crippen LogP contribution in [0.1, 0.15) is 43.1 Å². The second kappa shape index (κ2) is 10.3. The summed E-state index contributed by atoms with van der Waals surface area (Å²) in [5, 5.41) is 0. The first-order valence-corrected chi connectivity index (χ1v) is 9.10. The van der Waals surface area contributed by atoms with Gasteiger partial charge < -0.3 is 14.4 Å². The van der Waals surface area contributed by atoms with Crippen LogP contribution in [-0.2, 0) is 16.1 Å². The zero-order chi connectivity index (χ0) is 19.6. The second-order valence-electron chi connectivity index (χ2n) is 6.33. The highest BCUT2D eigenvalue weighted by molar-refractivity contribution is 5.94. The fourth-order valence-electron chi connectivity index (χ4n) is 2.55. The van der Waals surface area contributed by atoms with Crippen molar-refractivity contribution in [1.82, 2.24) is 9.88 Å². The van der Waals surface area contributed by atoms with Crippen molar-refractivity contribution >= 4 is 11.9 Å². The van der Waals surface area contributed by atoms with Gasteiger partial charge in [-0.25, -0.2) is 0 Å². The molecule has 1 amide bonds. The molecule has 1 aromatic carbocycles. The molecular weight excluding hydrogens is 344 g/mol. The van der Waals surface area contributed by atoms with Crippen LogP contribution < -0.4 is 4.74 Å². The van der Waals surface area contributed by atoms with Crippen LogP contribution in [0.15, 0.2) is 48.8 Å². The van der Waals surface area contributed by atoms with Crippen LogP contribution >= 0.6 is 0 Å². The van der Waals surface area contributed by atoms with Crippen molar-refractivity contribution in [3.05, 3.63) is 59.9 Å². The summed E-state index contributed by atoms with van der Waals surface area (Å²) in [5.74, 6) is 0.256. The van der Waals surface area contributed by atoms with Gasteiger partial charge in [-0.15, -0.1) is 0 Å². The summed E-state index contributed by atoms with van der Waals surface area (Å²) in [5.41, 5.74) is 1.49. The van der Waals surface area contributed by atoms with Gasteiger partial charge in [0, 0.05) is 31.0 Å². The van der Waals surface area contributed by atoms with Gasteiger partial charge >= 0.3 is 5.97 Å². The summed E-state index contributed by atoms with van der Waals surface area (Å²) in [6, 6.07) is 10.7. The monoisotopic (exact) mass is 370 g/mol. The molecule has 0 N–H and O–H groups in total. The Balaban J connectivity index is 2.12. The van der Waals surface area contributed by atoms with E-state index in [1.165, 1.54) is 0 Å². The average molecular weight is 370 g/mol. The number of hydrogen-bond acceptors (Lipinski definition) is 5. The number of esters is 1. The Labute approximate surface area is 160 Å². The molecule has 144 valence electrons. The van der Waals surface area contributed by atoms with Crippen molar-refractivity contribution in [2.24, 2.45) is 0 Å². The highest BCUT2D eigenvalue weighted by Crippen LogP contribution is 2.16. The zero-order valence-corrected chi connectivity index (χ0v) is 16.1. The summed E-state index contributed by atoms with van der Waals surface area (Å²) < 4.78 is 10.6. The van der Waals surface area contributed by atoms with Gasteiger partial charge in [-0.2, -0.15) is 0 Å². The average Bonchev–Trinajstić information content (AvgIpc) is 2.66. The van der Waals surface area contributed by atoms with Gasteiger partial charge in [0.1, 0.15) is 5.75 Å². The molecule has 6 heteroatoms. The van der Waals surface area contributed by atoms with E-state index in [9.17, 15) is 9.59 Å². The van der Waals surface area contributed by atoms with Gasteiger partial charge in [0.15, 0.2) is 0 Å². The Kier molecular flexibility index (Phi) is 7.79. The maximum Gasteiger partial charge on any atom is 0.307 e. The van der Waals surface area contributed by atoms with E-state index in [1.807, 2.05) is 26.0 Å². The molecule has 2 aromatic rings. The number of hydrogen-bond donors (Lipinski definition) is 0. The van der Waals surface area contributed by atoms with E-state index in [2.05, 4.69) is 4.98 Å². The quantitative estimate of drug-likeness (QED) is 0.632. The number of pyridine rings is 1. The predicted octanol–water partition coefficient (Wildman–Crippen LogP) is 3.46. The first kappa shape index (κ1) is 20.4. The second-order valence-corrected chi connectivity index (χ2v) is 6.33. The lowest BCUT2D eigenvalue weighted by Gasteiger charge is -2.23. The van der Waals surface area contributed by atoms with Gasteiger partial charge in [-0.3, -0.25) is 14.6 Å². The zero-order valence-electron chi connectivity index (χ0n) is 16.1. The van der Waals surface area contributed by atoms with Crippen LogP contribution in [0.3, 0.4) is 0 Å². The van der Waals surface area contributed by atoms with Gasteiger partial charge in [0.05, 0.1) is 19.1 Å². The van der Waals surface area contributed by atoms with Crippen LogP contribution in [0.25, 0.3) is 0 Å². The van der Waals surface area contributed by atoms with Crippen LogP contribution in [0, 0.1) is 0 Å². The van der Waals surface area contributed by atoms with Gasteiger partial charge in [-0.1, -0.05) is 0 Å². The summed E-state index contributed by atoms with van der Waals surface area (Å²) in [6.45, 7) is 6.66. The highest BCUT2D eigenvalue weighted by atomic mass is 16.5. The number of carbonyl (C=O) groups is 2. The molecule has 0 bridgehead atoms. The molecule has 0 saturated carbocycles. The minimum absolute atomic E-state index is 0.0688. The third-order valence-corrected chi connectivity index (χ3v) is 3.77. The SMILES string of the molecule is CCOC(=O)CCN(Cc1ccncc1)C(=O)c1ccc(OC(C)C)cc1. The number of carbonyl (C=O) groups excluding carboxylic acids is 2. The van der Waals surface area contributed by atoms with Crippen LogP contribution in [0.2, 0.25) is 0 Å². The first-order chi connectivity index (χ1) is 13.0. The van der Waals surface area contributed by atoms with Gasteiger partial charge in [0.25, 0.3) is 5.91 Å². The molecule has 0 radical (unpaired) electrons. The highest BCUT2D eigenvalue weighted by Gasteiger charge is 2.18. The summed E-state index contributed by atoms with van der Waals surface area (Å²) in [7, 11) is 0. The fourth-order valence-corrected chi connectivity index (χ4v) is 2.55. The van der Waals surface area contributed by atoms with E-state index in [-0.39, 0.29) is 30.9 Å². The standard InChI is InChI=1S/C21H26N2O4/c1-4-26-20(24)11-14-23(15-17-9-12-22-13-10-17)21(25)18-5-7-19(8-6-18)27-16(2)3/h5-10,12-13,16H,4,11,14-15H2,1-3H3. The topological polar surface area (TPSA) is 68.7 Å². The molecule has 0 unspecified atom stereocenters. The summed E-state index contributed by atoms with van der Waals surface area (Å²) >= 11 is 0. The lowest BCUT2D eigenvalue weighted by molar-refractivity contribution is -0.143. The molecule has 0 saturated heterocycles. The number of ether oxygens (including phenoxy) is 2. The van der Waals surface area contributed by atoms with Crippen LogP contribution in [-0.4, -0.2) is 41.0 Å². The van der Waals surface area contributed by atoms with E-state index in [0.717, 1.165) is 5.56 Å². The Morgan fingerprint density at radius 2 is 1.74 bits per heavy atom. The molecule has 0 fully saturated rings. The van der Waals surface area contributed by atoms with Crippen LogP contribution in [0.4, 0.5) is 0 Å². The Hall–Kier alpha value is -2.89. The number of amides is 1. The molecule has 0 atom stereocenters. The number of benzene rings is 1. The van der Waals surface area contributed by atoms with E-state index in [1.54, 1.807) is 48.5 Å². The minimum Gasteiger partial charge on any atom is -0.491 e. The van der Waals surface area contributed by atoms with E-state index in [0.29, 0.717) is 24.5 Å². The van der Waals surface area contributed by atoms with Crippen LogP contribution in [0.5, 0.6) is 5.75 Å². The Morgan fingerprint density at radius 1 is 1.07 bits per heavy atom. The molecule has 6 nitrogen and oxygen atoms in total.